The van der Waals surface area contributed by atoms with E-state index in [4.69, 9.17) is 14.8 Å². The second kappa shape index (κ2) is 8.39. The van der Waals surface area contributed by atoms with Crippen LogP contribution < -0.4 is 10.1 Å². The van der Waals surface area contributed by atoms with E-state index in [2.05, 4.69) is 12.2 Å². The SMILES string of the molecule is CCCCSc1nc2n(n1)C(c1ccccc1OCC)C1=C(CCCC1=O)N2. The summed E-state index contributed by atoms with van der Waals surface area (Å²) in [5.41, 5.74) is 2.75. The number of carbonyl (C=O) groups excluding carboxylic acids is 1. The minimum absolute atomic E-state index is 0.186. The Hall–Kier alpha value is -2.28. The lowest BCUT2D eigenvalue weighted by atomic mass is 9.85. The number of fused-ring (bicyclic) bond motifs is 1. The molecule has 0 spiro atoms. The largest absolute Gasteiger partial charge is 0.494 e. The molecule has 2 heterocycles. The number of hydrogen-bond acceptors (Lipinski definition) is 6. The molecule has 2 aromatic rings. The molecule has 2 aliphatic rings. The van der Waals surface area contributed by atoms with Gasteiger partial charge in [-0.05, 0) is 32.3 Å². The first-order valence-corrected chi connectivity index (χ1v) is 11.1. The van der Waals surface area contributed by atoms with Crippen LogP contribution in [0.1, 0.15) is 57.6 Å². The third-order valence-corrected chi connectivity index (χ3v) is 6.02. The van der Waals surface area contributed by atoms with Gasteiger partial charge in [0.25, 0.3) is 0 Å². The number of ketones is 1. The van der Waals surface area contributed by atoms with Gasteiger partial charge in [0.15, 0.2) is 5.78 Å². The fourth-order valence-electron chi connectivity index (χ4n) is 3.79. The standard InChI is InChI=1S/C21H26N4O2S/c1-3-5-13-28-21-23-20-22-15-10-8-11-16(26)18(15)19(25(20)24-21)14-9-6-7-12-17(14)27-4-2/h6-7,9,12,19H,3-5,8,10-11,13H2,1-2H3,(H,22,23,24). The quantitative estimate of drug-likeness (QED) is 0.543. The van der Waals surface area contributed by atoms with Crippen molar-refractivity contribution >= 4 is 23.5 Å². The number of aromatic nitrogens is 3. The van der Waals surface area contributed by atoms with Crippen molar-refractivity contribution in [1.29, 1.82) is 0 Å². The number of ether oxygens (including phenoxy) is 1. The molecule has 4 rings (SSSR count). The summed E-state index contributed by atoms with van der Waals surface area (Å²) in [7, 11) is 0. The van der Waals surface area contributed by atoms with Gasteiger partial charge in [-0.15, -0.1) is 5.10 Å². The molecule has 0 bridgehead atoms. The maximum absolute atomic E-state index is 12.9. The number of thioether (sulfide) groups is 1. The van der Waals surface area contributed by atoms with Gasteiger partial charge in [0, 0.05) is 29.0 Å². The Balaban J connectivity index is 1.80. The Morgan fingerprint density at radius 2 is 2.14 bits per heavy atom. The van der Waals surface area contributed by atoms with Crippen LogP contribution in [0.2, 0.25) is 0 Å². The van der Waals surface area contributed by atoms with E-state index >= 15 is 0 Å². The van der Waals surface area contributed by atoms with E-state index in [1.807, 2.05) is 35.9 Å². The minimum atomic E-state index is -0.296. The topological polar surface area (TPSA) is 69.0 Å². The van der Waals surface area contributed by atoms with Gasteiger partial charge in [-0.1, -0.05) is 43.3 Å². The molecule has 0 saturated carbocycles. The molecule has 1 aromatic heterocycles. The Labute approximate surface area is 169 Å². The number of para-hydroxylation sites is 1. The summed E-state index contributed by atoms with van der Waals surface area (Å²) in [6.45, 7) is 4.72. The number of anilines is 1. The average molecular weight is 399 g/mol. The van der Waals surface area contributed by atoms with Gasteiger partial charge >= 0.3 is 0 Å². The first kappa shape index (κ1) is 19.1. The summed E-state index contributed by atoms with van der Waals surface area (Å²) in [5, 5.41) is 8.91. The van der Waals surface area contributed by atoms with Gasteiger partial charge < -0.3 is 10.1 Å². The second-order valence-corrected chi connectivity index (χ2v) is 8.09. The molecule has 1 aliphatic heterocycles. The van der Waals surface area contributed by atoms with Gasteiger partial charge in [-0.25, -0.2) is 4.68 Å². The van der Waals surface area contributed by atoms with Crippen LogP contribution in [-0.2, 0) is 4.79 Å². The average Bonchev–Trinajstić information content (AvgIpc) is 3.10. The van der Waals surface area contributed by atoms with Gasteiger partial charge in [0.2, 0.25) is 11.1 Å². The van der Waals surface area contributed by atoms with Gasteiger partial charge in [-0.3, -0.25) is 4.79 Å². The molecular weight excluding hydrogens is 372 g/mol. The molecule has 148 valence electrons. The van der Waals surface area contributed by atoms with Crippen molar-refractivity contribution in [3.05, 3.63) is 41.1 Å². The highest BCUT2D eigenvalue weighted by atomic mass is 32.2. The van der Waals surface area contributed by atoms with E-state index in [9.17, 15) is 4.79 Å². The highest BCUT2D eigenvalue weighted by molar-refractivity contribution is 7.99. The number of rotatable bonds is 7. The third kappa shape index (κ3) is 3.55. The first-order valence-electron chi connectivity index (χ1n) is 10.1. The van der Waals surface area contributed by atoms with Crippen LogP contribution in [0, 0.1) is 0 Å². The molecule has 1 unspecified atom stereocenters. The lowest BCUT2D eigenvalue weighted by molar-refractivity contribution is -0.116. The van der Waals surface area contributed by atoms with E-state index in [-0.39, 0.29) is 11.8 Å². The molecule has 0 fully saturated rings. The molecule has 1 atom stereocenters. The van der Waals surface area contributed by atoms with E-state index < -0.39 is 0 Å². The highest BCUT2D eigenvalue weighted by Crippen LogP contribution is 2.43. The van der Waals surface area contributed by atoms with Crippen LogP contribution in [0.4, 0.5) is 5.95 Å². The fourth-order valence-corrected chi connectivity index (χ4v) is 4.70. The number of unbranched alkanes of at least 4 members (excludes halogenated alkanes) is 1. The molecule has 0 saturated heterocycles. The van der Waals surface area contributed by atoms with Crippen molar-refractivity contribution in [2.24, 2.45) is 0 Å². The van der Waals surface area contributed by atoms with Gasteiger partial charge in [0.1, 0.15) is 11.8 Å². The first-order chi connectivity index (χ1) is 13.7. The van der Waals surface area contributed by atoms with Gasteiger partial charge in [-0.2, -0.15) is 4.98 Å². The second-order valence-electron chi connectivity index (χ2n) is 7.03. The maximum Gasteiger partial charge on any atom is 0.227 e. The monoisotopic (exact) mass is 398 g/mol. The molecule has 1 aliphatic carbocycles. The zero-order valence-electron chi connectivity index (χ0n) is 16.4. The summed E-state index contributed by atoms with van der Waals surface area (Å²) in [5.74, 6) is 2.69. The van der Waals surface area contributed by atoms with Crippen molar-refractivity contribution in [2.75, 3.05) is 17.7 Å². The fraction of sp³-hybridized carbons (Fsp3) is 0.476. The molecule has 0 radical (unpaired) electrons. The highest BCUT2D eigenvalue weighted by Gasteiger charge is 2.38. The number of hydrogen-bond donors (Lipinski definition) is 1. The smallest absolute Gasteiger partial charge is 0.227 e. The zero-order valence-corrected chi connectivity index (χ0v) is 17.2. The van der Waals surface area contributed by atoms with Crippen molar-refractivity contribution in [3.8, 4) is 5.75 Å². The summed E-state index contributed by atoms with van der Waals surface area (Å²) < 4.78 is 7.75. The maximum atomic E-state index is 12.9. The van der Waals surface area contributed by atoms with E-state index in [1.54, 1.807) is 11.8 Å². The van der Waals surface area contributed by atoms with Gasteiger partial charge in [0.05, 0.1) is 6.61 Å². The minimum Gasteiger partial charge on any atom is -0.494 e. The number of benzene rings is 1. The van der Waals surface area contributed by atoms with Crippen LogP contribution in [-0.4, -0.2) is 32.9 Å². The molecule has 6 nitrogen and oxygen atoms in total. The molecule has 1 N–H and O–H groups in total. The summed E-state index contributed by atoms with van der Waals surface area (Å²) in [6, 6.07) is 7.64. The Morgan fingerprint density at radius 3 is 2.96 bits per heavy atom. The van der Waals surface area contributed by atoms with Crippen molar-refractivity contribution < 1.29 is 9.53 Å². The Kier molecular flexibility index (Phi) is 5.71. The number of Topliss-reactive ketones (excluding diaryl/α,β-unsaturated/α-hetero) is 1. The van der Waals surface area contributed by atoms with Crippen LogP contribution in [0.5, 0.6) is 5.75 Å². The van der Waals surface area contributed by atoms with Crippen molar-refractivity contribution in [1.82, 2.24) is 14.8 Å². The summed E-state index contributed by atoms with van der Waals surface area (Å²) in [6.07, 6.45) is 4.59. The number of nitrogens with zero attached hydrogens (tertiary/aromatic N) is 3. The van der Waals surface area contributed by atoms with Crippen molar-refractivity contribution in [3.63, 3.8) is 0 Å². The number of allylic oxidation sites excluding steroid dienone is 2. The normalized spacial score (nSPS) is 18.5. The van der Waals surface area contributed by atoms with Crippen molar-refractivity contribution in [2.45, 2.75) is 57.1 Å². The Morgan fingerprint density at radius 1 is 1.29 bits per heavy atom. The summed E-state index contributed by atoms with van der Waals surface area (Å²) >= 11 is 1.67. The van der Waals surface area contributed by atoms with E-state index in [0.717, 1.165) is 59.2 Å². The Bertz CT molecular complexity index is 906. The molecule has 7 heteroatoms. The lowest BCUT2D eigenvalue weighted by Crippen LogP contribution is -2.31. The third-order valence-electron chi connectivity index (χ3n) is 5.09. The van der Waals surface area contributed by atoms with E-state index in [0.29, 0.717) is 19.0 Å². The molecule has 0 amide bonds. The van der Waals surface area contributed by atoms with Crippen LogP contribution in [0.15, 0.2) is 40.7 Å². The number of nitrogens with one attached hydrogen (secondary N) is 1. The number of carbonyl (C=O) groups is 1. The predicted molar refractivity (Wildman–Crippen MR) is 111 cm³/mol. The van der Waals surface area contributed by atoms with Crippen LogP contribution >= 0.6 is 11.8 Å². The molecular formula is C21H26N4O2S. The van der Waals surface area contributed by atoms with E-state index in [1.165, 1.54) is 0 Å². The molecule has 1 aromatic carbocycles. The summed E-state index contributed by atoms with van der Waals surface area (Å²) in [4.78, 5) is 17.6. The lowest BCUT2D eigenvalue weighted by Gasteiger charge is -2.32. The van der Waals surface area contributed by atoms with Crippen LogP contribution in [0.3, 0.4) is 0 Å². The van der Waals surface area contributed by atoms with Crippen LogP contribution in [0.25, 0.3) is 0 Å². The zero-order chi connectivity index (χ0) is 19.5. The molecule has 28 heavy (non-hydrogen) atoms. The predicted octanol–water partition coefficient (Wildman–Crippen LogP) is 4.59.